The molecule has 1 amide bonds. The number of nitrogens with one attached hydrogen (secondary N) is 1. The molecule has 5 heteroatoms. The predicted octanol–water partition coefficient (Wildman–Crippen LogP) is 3.82. The van der Waals surface area contributed by atoms with Crippen LogP contribution in [-0.4, -0.2) is 5.91 Å². The van der Waals surface area contributed by atoms with Gasteiger partial charge >= 0.3 is 0 Å². The zero-order chi connectivity index (χ0) is 17.1. The summed E-state index contributed by atoms with van der Waals surface area (Å²) in [6.45, 7) is 2.16. The summed E-state index contributed by atoms with van der Waals surface area (Å²) in [7, 11) is 0. The second kappa shape index (κ2) is 6.44. The first-order valence-corrected chi connectivity index (χ1v) is 7.63. The van der Waals surface area contributed by atoms with E-state index in [0.717, 1.165) is 12.2 Å². The maximum atomic E-state index is 12.2. The Kier molecular flexibility index (Phi) is 4.18. The Morgan fingerprint density at radius 2 is 1.96 bits per heavy atom. The number of anilines is 1. The van der Waals surface area contributed by atoms with E-state index in [9.17, 15) is 10.1 Å². The highest BCUT2D eigenvalue weighted by molar-refractivity contribution is 6.09. The van der Waals surface area contributed by atoms with E-state index in [0.29, 0.717) is 28.8 Å². The average molecular weight is 317 g/mol. The van der Waals surface area contributed by atoms with E-state index < -0.39 is 5.91 Å². The highest BCUT2D eigenvalue weighted by Crippen LogP contribution is 2.47. The minimum atomic E-state index is -0.514. The van der Waals surface area contributed by atoms with Crippen molar-refractivity contribution < 1.29 is 9.21 Å². The molecule has 0 saturated heterocycles. The summed E-state index contributed by atoms with van der Waals surface area (Å²) in [5.41, 5.74) is 0.984. The lowest BCUT2D eigenvalue weighted by atomic mass is 10.2. The number of amides is 1. The summed E-state index contributed by atoms with van der Waals surface area (Å²) in [5.74, 6) is 1.96. The first-order chi connectivity index (χ1) is 11.6. The molecule has 5 nitrogen and oxygen atoms in total. The van der Waals surface area contributed by atoms with Crippen LogP contribution in [0.2, 0.25) is 0 Å². The van der Waals surface area contributed by atoms with Crippen molar-refractivity contribution >= 4 is 17.7 Å². The van der Waals surface area contributed by atoms with Crippen LogP contribution in [-0.2, 0) is 4.79 Å². The largest absolute Gasteiger partial charge is 0.461 e. The van der Waals surface area contributed by atoms with Gasteiger partial charge in [-0.15, -0.1) is 0 Å². The predicted molar refractivity (Wildman–Crippen MR) is 88.6 cm³/mol. The van der Waals surface area contributed by atoms with Gasteiger partial charge in [-0.2, -0.15) is 10.5 Å². The number of carbonyl (C=O) groups excluding carboxylic acids is 1. The van der Waals surface area contributed by atoms with Crippen LogP contribution in [0.15, 0.2) is 46.4 Å². The number of benzene rings is 1. The molecule has 1 heterocycles. The summed E-state index contributed by atoms with van der Waals surface area (Å²) in [6.07, 6.45) is 2.55. The third-order valence-electron chi connectivity index (χ3n) is 4.05. The zero-order valence-corrected chi connectivity index (χ0v) is 13.1. The molecule has 1 aromatic heterocycles. The standard InChI is InChI=1S/C19H15N3O2/c1-12-8-17(12)18-7-6-16(24-18)9-14(11-21)19(23)22-15-4-2-13(10-20)3-5-15/h2-7,9,12,17H,8H2,1H3,(H,22,23)/b14-9+. The van der Waals surface area contributed by atoms with Crippen molar-refractivity contribution in [2.24, 2.45) is 5.92 Å². The third kappa shape index (κ3) is 3.37. The quantitative estimate of drug-likeness (QED) is 0.685. The summed E-state index contributed by atoms with van der Waals surface area (Å²) in [6, 6.07) is 14.0. The molecule has 1 aromatic carbocycles. The zero-order valence-electron chi connectivity index (χ0n) is 13.1. The van der Waals surface area contributed by atoms with Gasteiger partial charge in [0.05, 0.1) is 11.6 Å². The van der Waals surface area contributed by atoms with E-state index in [-0.39, 0.29) is 5.57 Å². The first-order valence-electron chi connectivity index (χ1n) is 7.63. The Morgan fingerprint density at radius 3 is 2.54 bits per heavy atom. The Morgan fingerprint density at radius 1 is 1.25 bits per heavy atom. The van der Waals surface area contributed by atoms with Gasteiger partial charge < -0.3 is 9.73 Å². The van der Waals surface area contributed by atoms with Crippen molar-refractivity contribution in [3.8, 4) is 12.1 Å². The van der Waals surface area contributed by atoms with Crippen LogP contribution in [0.5, 0.6) is 0 Å². The number of hydrogen-bond acceptors (Lipinski definition) is 4. The second-order valence-electron chi connectivity index (χ2n) is 5.87. The molecular formula is C19H15N3O2. The second-order valence-corrected chi connectivity index (χ2v) is 5.87. The first kappa shape index (κ1) is 15.6. The van der Waals surface area contributed by atoms with E-state index in [1.54, 1.807) is 30.3 Å². The molecule has 1 aliphatic carbocycles. The number of nitrogens with zero attached hydrogens (tertiary/aromatic N) is 2. The number of carbonyl (C=O) groups is 1. The third-order valence-corrected chi connectivity index (χ3v) is 4.05. The number of rotatable bonds is 4. The summed E-state index contributed by atoms with van der Waals surface area (Å²) in [5, 5.41) is 20.6. The minimum Gasteiger partial charge on any atom is -0.461 e. The van der Waals surface area contributed by atoms with Crippen molar-refractivity contribution in [1.82, 2.24) is 0 Å². The lowest BCUT2D eigenvalue weighted by molar-refractivity contribution is -0.112. The molecule has 1 saturated carbocycles. The van der Waals surface area contributed by atoms with Gasteiger partial charge in [0, 0.05) is 17.7 Å². The molecule has 0 spiro atoms. The Bertz CT molecular complexity index is 879. The Labute approximate surface area is 139 Å². The van der Waals surface area contributed by atoms with Crippen LogP contribution in [0.4, 0.5) is 5.69 Å². The van der Waals surface area contributed by atoms with Crippen LogP contribution < -0.4 is 5.32 Å². The van der Waals surface area contributed by atoms with E-state index in [1.165, 1.54) is 6.08 Å². The number of nitriles is 2. The molecule has 2 atom stereocenters. The van der Waals surface area contributed by atoms with Gasteiger partial charge in [-0.3, -0.25) is 4.79 Å². The van der Waals surface area contributed by atoms with E-state index in [1.807, 2.05) is 18.2 Å². The summed E-state index contributed by atoms with van der Waals surface area (Å²) < 4.78 is 5.70. The molecule has 1 aliphatic rings. The molecule has 2 unspecified atom stereocenters. The van der Waals surface area contributed by atoms with E-state index in [4.69, 9.17) is 9.68 Å². The number of hydrogen-bond donors (Lipinski definition) is 1. The van der Waals surface area contributed by atoms with Gasteiger partial charge in [-0.05, 0) is 48.7 Å². The Hall–Kier alpha value is -3.31. The highest BCUT2D eigenvalue weighted by atomic mass is 16.3. The molecule has 118 valence electrons. The maximum Gasteiger partial charge on any atom is 0.266 e. The molecule has 0 aliphatic heterocycles. The normalized spacial score (nSPS) is 19.2. The molecule has 1 fully saturated rings. The lowest BCUT2D eigenvalue weighted by Gasteiger charge is -2.03. The topological polar surface area (TPSA) is 89.8 Å². The average Bonchev–Trinajstić information content (AvgIpc) is 3.14. The van der Waals surface area contributed by atoms with Crippen LogP contribution in [0.1, 0.15) is 36.3 Å². The summed E-state index contributed by atoms with van der Waals surface area (Å²) >= 11 is 0. The molecule has 2 aromatic rings. The van der Waals surface area contributed by atoms with Gasteiger partial charge in [-0.25, -0.2) is 0 Å². The molecular weight excluding hydrogens is 302 g/mol. The van der Waals surface area contributed by atoms with Crippen molar-refractivity contribution in [1.29, 1.82) is 10.5 Å². The van der Waals surface area contributed by atoms with Gasteiger partial charge in [0.15, 0.2) is 0 Å². The lowest BCUT2D eigenvalue weighted by Crippen LogP contribution is -2.13. The van der Waals surface area contributed by atoms with E-state index >= 15 is 0 Å². The van der Waals surface area contributed by atoms with Crippen LogP contribution in [0.25, 0.3) is 6.08 Å². The van der Waals surface area contributed by atoms with Crippen molar-refractivity contribution in [3.05, 3.63) is 59.1 Å². The van der Waals surface area contributed by atoms with Gasteiger partial charge in [0.25, 0.3) is 5.91 Å². The maximum absolute atomic E-state index is 12.2. The van der Waals surface area contributed by atoms with Crippen molar-refractivity contribution in [2.45, 2.75) is 19.3 Å². The molecule has 0 bridgehead atoms. The SMILES string of the molecule is CC1CC1c1ccc(/C=C(\C#N)C(=O)Nc2ccc(C#N)cc2)o1. The van der Waals surface area contributed by atoms with Gasteiger partial charge in [0.2, 0.25) is 0 Å². The van der Waals surface area contributed by atoms with Crippen LogP contribution >= 0.6 is 0 Å². The minimum absolute atomic E-state index is 0.0379. The Balaban J connectivity index is 1.72. The van der Waals surface area contributed by atoms with Crippen molar-refractivity contribution in [3.63, 3.8) is 0 Å². The van der Waals surface area contributed by atoms with Gasteiger partial charge in [0.1, 0.15) is 23.2 Å². The fourth-order valence-corrected chi connectivity index (χ4v) is 2.48. The smallest absolute Gasteiger partial charge is 0.266 e. The molecule has 24 heavy (non-hydrogen) atoms. The summed E-state index contributed by atoms with van der Waals surface area (Å²) in [4.78, 5) is 12.2. The molecule has 3 rings (SSSR count). The van der Waals surface area contributed by atoms with E-state index in [2.05, 4.69) is 12.2 Å². The monoisotopic (exact) mass is 317 g/mol. The highest BCUT2D eigenvalue weighted by Gasteiger charge is 2.36. The number of furan rings is 1. The fourth-order valence-electron chi connectivity index (χ4n) is 2.48. The molecule has 1 N–H and O–H groups in total. The molecule has 0 radical (unpaired) electrons. The van der Waals surface area contributed by atoms with Crippen molar-refractivity contribution in [2.75, 3.05) is 5.32 Å². The van der Waals surface area contributed by atoms with Crippen LogP contribution in [0, 0.1) is 28.6 Å². The van der Waals surface area contributed by atoms with Gasteiger partial charge in [-0.1, -0.05) is 6.92 Å². The fraction of sp³-hybridized carbons (Fsp3) is 0.211. The van der Waals surface area contributed by atoms with Crippen LogP contribution in [0.3, 0.4) is 0 Å².